The highest BCUT2D eigenvalue weighted by Crippen LogP contribution is 2.17. The van der Waals surface area contributed by atoms with Gasteiger partial charge in [-0.05, 0) is 36.5 Å². The van der Waals surface area contributed by atoms with Crippen LogP contribution in [0.1, 0.15) is 18.4 Å². The molecule has 0 aliphatic carbocycles. The Kier molecular flexibility index (Phi) is 3.62. The summed E-state index contributed by atoms with van der Waals surface area (Å²) < 4.78 is 5.50. The standard InChI is InChI=1S/C15H20N2O/c1-4-13(14-6-7-17-15(14)5-1)10-16-9-12-3-2-8-18-11-12/h1,4-7,12,16-17H,2-3,8-11H2. The maximum atomic E-state index is 5.50. The number of aromatic amines is 1. The molecule has 3 nitrogen and oxygen atoms in total. The summed E-state index contributed by atoms with van der Waals surface area (Å²) >= 11 is 0. The summed E-state index contributed by atoms with van der Waals surface area (Å²) in [6.07, 6.45) is 4.50. The van der Waals surface area contributed by atoms with Crippen molar-refractivity contribution in [2.45, 2.75) is 19.4 Å². The van der Waals surface area contributed by atoms with E-state index in [9.17, 15) is 0 Å². The van der Waals surface area contributed by atoms with E-state index in [-0.39, 0.29) is 0 Å². The molecule has 18 heavy (non-hydrogen) atoms. The van der Waals surface area contributed by atoms with Gasteiger partial charge in [-0.25, -0.2) is 0 Å². The molecule has 96 valence electrons. The zero-order chi connectivity index (χ0) is 12.2. The van der Waals surface area contributed by atoms with Gasteiger partial charge in [0, 0.05) is 36.8 Å². The molecule has 1 aromatic carbocycles. The highest BCUT2D eigenvalue weighted by molar-refractivity contribution is 5.82. The number of ether oxygens (including phenoxy) is 1. The highest BCUT2D eigenvalue weighted by atomic mass is 16.5. The number of nitrogens with one attached hydrogen (secondary N) is 2. The number of H-pyrrole nitrogens is 1. The Morgan fingerprint density at radius 3 is 3.22 bits per heavy atom. The number of benzene rings is 1. The normalized spacial score (nSPS) is 20.3. The van der Waals surface area contributed by atoms with Crippen LogP contribution in [-0.4, -0.2) is 24.7 Å². The van der Waals surface area contributed by atoms with Gasteiger partial charge in [-0.2, -0.15) is 0 Å². The minimum absolute atomic E-state index is 0.684. The van der Waals surface area contributed by atoms with Gasteiger partial charge in [0.25, 0.3) is 0 Å². The van der Waals surface area contributed by atoms with Crippen molar-refractivity contribution in [3.05, 3.63) is 36.0 Å². The first kappa shape index (κ1) is 11.8. The van der Waals surface area contributed by atoms with Crippen LogP contribution in [0.3, 0.4) is 0 Å². The number of fused-ring (bicyclic) bond motifs is 1. The molecule has 3 rings (SSSR count). The average Bonchev–Trinajstić information content (AvgIpc) is 2.89. The van der Waals surface area contributed by atoms with Gasteiger partial charge in [-0.15, -0.1) is 0 Å². The maximum Gasteiger partial charge on any atom is 0.0506 e. The number of aromatic nitrogens is 1. The molecule has 1 unspecified atom stereocenters. The molecule has 0 bridgehead atoms. The van der Waals surface area contributed by atoms with E-state index >= 15 is 0 Å². The van der Waals surface area contributed by atoms with Crippen molar-refractivity contribution in [2.75, 3.05) is 19.8 Å². The second-order valence-corrected chi connectivity index (χ2v) is 5.07. The molecule has 0 spiro atoms. The molecule has 1 aliphatic rings. The fraction of sp³-hybridized carbons (Fsp3) is 0.467. The third-order valence-corrected chi connectivity index (χ3v) is 3.69. The molecule has 1 aliphatic heterocycles. The molecule has 1 saturated heterocycles. The third-order valence-electron chi connectivity index (χ3n) is 3.69. The number of hydrogen-bond donors (Lipinski definition) is 2. The van der Waals surface area contributed by atoms with E-state index in [1.54, 1.807) is 0 Å². The zero-order valence-electron chi connectivity index (χ0n) is 10.6. The van der Waals surface area contributed by atoms with E-state index in [1.807, 2.05) is 6.20 Å². The minimum Gasteiger partial charge on any atom is -0.381 e. The van der Waals surface area contributed by atoms with Crippen molar-refractivity contribution in [3.63, 3.8) is 0 Å². The smallest absolute Gasteiger partial charge is 0.0506 e. The van der Waals surface area contributed by atoms with E-state index in [0.29, 0.717) is 5.92 Å². The van der Waals surface area contributed by atoms with Crippen LogP contribution >= 0.6 is 0 Å². The van der Waals surface area contributed by atoms with E-state index in [4.69, 9.17) is 4.74 Å². The van der Waals surface area contributed by atoms with Gasteiger partial charge in [0.05, 0.1) is 6.61 Å². The second-order valence-electron chi connectivity index (χ2n) is 5.07. The summed E-state index contributed by atoms with van der Waals surface area (Å²) in [5.74, 6) is 0.684. The highest BCUT2D eigenvalue weighted by Gasteiger charge is 2.13. The van der Waals surface area contributed by atoms with E-state index in [2.05, 4.69) is 34.6 Å². The van der Waals surface area contributed by atoms with Gasteiger partial charge in [0.1, 0.15) is 0 Å². The van der Waals surface area contributed by atoms with Gasteiger partial charge < -0.3 is 15.0 Å². The first-order chi connectivity index (χ1) is 8.93. The van der Waals surface area contributed by atoms with Crippen molar-refractivity contribution < 1.29 is 4.74 Å². The van der Waals surface area contributed by atoms with Crippen LogP contribution in [-0.2, 0) is 11.3 Å². The Morgan fingerprint density at radius 2 is 2.33 bits per heavy atom. The lowest BCUT2D eigenvalue weighted by Crippen LogP contribution is -2.28. The SMILES string of the molecule is c1cc(CNCC2CCCOC2)c2cc[nH]c2c1. The summed E-state index contributed by atoms with van der Waals surface area (Å²) in [5, 5.41) is 4.88. The van der Waals surface area contributed by atoms with Gasteiger partial charge in [0.15, 0.2) is 0 Å². The minimum atomic E-state index is 0.684. The first-order valence-corrected chi connectivity index (χ1v) is 6.77. The van der Waals surface area contributed by atoms with Crippen molar-refractivity contribution in [2.24, 2.45) is 5.92 Å². The molecular formula is C15H20N2O. The van der Waals surface area contributed by atoms with Crippen LogP contribution in [0.2, 0.25) is 0 Å². The second kappa shape index (κ2) is 5.55. The molecule has 0 radical (unpaired) electrons. The summed E-state index contributed by atoms with van der Waals surface area (Å²) in [4.78, 5) is 3.25. The predicted octanol–water partition coefficient (Wildman–Crippen LogP) is 2.68. The van der Waals surface area contributed by atoms with Crippen LogP contribution < -0.4 is 5.32 Å². The van der Waals surface area contributed by atoms with Gasteiger partial charge in [-0.3, -0.25) is 0 Å². The van der Waals surface area contributed by atoms with Crippen LogP contribution in [0.4, 0.5) is 0 Å². The first-order valence-electron chi connectivity index (χ1n) is 6.77. The largest absolute Gasteiger partial charge is 0.381 e. The Hall–Kier alpha value is -1.32. The molecule has 0 saturated carbocycles. The molecular weight excluding hydrogens is 224 g/mol. The lowest BCUT2D eigenvalue weighted by atomic mass is 10.0. The van der Waals surface area contributed by atoms with E-state index < -0.39 is 0 Å². The van der Waals surface area contributed by atoms with Crippen molar-refractivity contribution >= 4 is 10.9 Å². The van der Waals surface area contributed by atoms with Crippen LogP contribution in [0.15, 0.2) is 30.5 Å². The molecule has 2 heterocycles. The maximum absolute atomic E-state index is 5.50. The Bertz CT molecular complexity index is 500. The molecule has 2 aromatic rings. The van der Waals surface area contributed by atoms with Crippen molar-refractivity contribution in [1.82, 2.24) is 10.3 Å². The lowest BCUT2D eigenvalue weighted by Gasteiger charge is -2.22. The molecule has 1 fully saturated rings. The quantitative estimate of drug-likeness (QED) is 0.867. The molecule has 1 aromatic heterocycles. The van der Waals surface area contributed by atoms with Crippen LogP contribution in [0.25, 0.3) is 10.9 Å². The monoisotopic (exact) mass is 244 g/mol. The third kappa shape index (κ3) is 2.57. The fourth-order valence-corrected chi connectivity index (χ4v) is 2.68. The summed E-state index contributed by atoms with van der Waals surface area (Å²) in [7, 11) is 0. The molecule has 2 N–H and O–H groups in total. The summed E-state index contributed by atoms with van der Waals surface area (Å²) in [5.41, 5.74) is 2.58. The van der Waals surface area contributed by atoms with Gasteiger partial charge in [0.2, 0.25) is 0 Å². The Balaban J connectivity index is 1.57. The number of rotatable bonds is 4. The predicted molar refractivity (Wildman–Crippen MR) is 73.5 cm³/mol. The van der Waals surface area contributed by atoms with Crippen molar-refractivity contribution in [1.29, 1.82) is 0 Å². The topological polar surface area (TPSA) is 37.0 Å². The van der Waals surface area contributed by atoms with E-state index in [1.165, 1.54) is 29.3 Å². The van der Waals surface area contributed by atoms with Gasteiger partial charge >= 0.3 is 0 Å². The lowest BCUT2D eigenvalue weighted by molar-refractivity contribution is 0.0547. The molecule has 1 atom stereocenters. The summed E-state index contributed by atoms with van der Waals surface area (Å²) in [6.45, 7) is 3.85. The molecule has 0 amide bonds. The fourth-order valence-electron chi connectivity index (χ4n) is 2.68. The summed E-state index contributed by atoms with van der Waals surface area (Å²) in [6, 6.07) is 8.57. The molecule has 3 heteroatoms. The van der Waals surface area contributed by atoms with Crippen LogP contribution in [0, 0.1) is 5.92 Å². The zero-order valence-corrected chi connectivity index (χ0v) is 10.6. The van der Waals surface area contributed by atoms with Crippen LogP contribution in [0.5, 0.6) is 0 Å². The Labute approximate surface area is 108 Å². The Morgan fingerprint density at radius 1 is 1.33 bits per heavy atom. The van der Waals surface area contributed by atoms with E-state index in [0.717, 1.165) is 26.3 Å². The average molecular weight is 244 g/mol. The number of hydrogen-bond acceptors (Lipinski definition) is 2. The van der Waals surface area contributed by atoms with Gasteiger partial charge in [-0.1, -0.05) is 12.1 Å². The van der Waals surface area contributed by atoms with Crippen molar-refractivity contribution in [3.8, 4) is 0 Å².